The first-order valence-corrected chi connectivity index (χ1v) is 8.31. The maximum Gasteiger partial charge on any atom is 0.315 e. The fourth-order valence-electron chi connectivity index (χ4n) is 2.82. The summed E-state index contributed by atoms with van der Waals surface area (Å²) in [5, 5.41) is 13.8. The molecule has 1 aliphatic rings. The summed E-state index contributed by atoms with van der Waals surface area (Å²) in [5.41, 5.74) is 3.09. The van der Waals surface area contributed by atoms with Crippen LogP contribution in [-0.2, 0) is 17.8 Å². The number of aryl methyl sites for hydroxylation is 1. The highest BCUT2D eigenvalue weighted by molar-refractivity contribution is 5.78. The van der Waals surface area contributed by atoms with Gasteiger partial charge in [-0.25, -0.2) is 9.78 Å². The molecule has 1 saturated carbocycles. The van der Waals surface area contributed by atoms with Crippen LogP contribution >= 0.6 is 0 Å². The highest BCUT2D eigenvalue weighted by Gasteiger charge is 2.27. The van der Waals surface area contributed by atoms with Crippen molar-refractivity contribution in [2.75, 3.05) is 6.54 Å². The predicted octanol–water partition coefficient (Wildman–Crippen LogP) is 2.21. The number of nitrogens with one attached hydrogen (secondary N) is 2. The maximum atomic E-state index is 11.6. The molecule has 7 heteroatoms. The number of hydrogen-bond donors (Lipinski definition) is 3. The van der Waals surface area contributed by atoms with Gasteiger partial charge >= 0.3 is 12.0 Å². The number of nitrogens with zero attached hydrogens (tertiary/aromatic N) is 2. The second-order valence-electron chi connectivity index (χ2n) is 6.06. The Morgan fingerprint density at radius 3 is 2.79 bits per heavy atom. The zero-order chi connectivity index (χ0) is 17.1. The fraction of sp³-hybridized carbons (Fsp3) is 0.471. The van der Waals surface area contributed by atoms with Crippen molar-refractivity contribution in [3.63, 3.8) is 0 Å². The number of urea groups is 1. The zero-order valence-corrected chi connectivity index (χ0v) is 13.7. The van der Waals surface area contributed by atoms with E-state index in [9.17, 15) is 9.59 Å². The van der Waals surface area contributed by atoms with E-state index in [1.807, 2.05) is 12.1 Å². The Morgan fingerprint density at radius 1 is 1.33 bits per heavy atom. The molecule has 1 aliphatic carbocycles. The summed E-state index contributed by atoms with van der Waals surface area (Å²) in [4.78, 5) is 26.8. The van der Waals surface area contributed by atoms with E-state index in [0.717, 1.165) is 28.8 Å². The number of aromatic nitrogens is 2. The number of amides is 2. The van der Waals surface area contributed by atoms with Crippen LogP contribution in [0.15, 0.2) is 18.2 Å². The van der Waals surface area contributed by atoms with Crippen LogP contribution in [-0.4, -0.2) is 33.2 Å². The topological polar surface area (TPSA) is 96.2 Å². The van der Waals surface area contributed by atoms with Crippen LogP contribution in [0.2, 0.25) is 0 Å². The standard InChI is InChI=1S/C17H22N4O3/c1-2-15-20-13-9-11(3-6-14(13)21(15)12-4-5-12)10-19-17(24)18-8-7-16(22)23/h3,6,9,12H,2,4-5,7-8,10H2,1H3,(H,22,23)(H2,18,19,24). The molecule has 0 atom stereocenters. The van der Waals surface area contributed by atoms with Crippen molar-refractivity contribution in [2.24, 2.45) is 0 Å². The SMILES string of the molecule is CCc1nc2cc(CNC(=O)NCCC(=O)O)ccc2n1C1CC1. The highest BCUT2D eigenvalue weighted by atomic mass is 16.4. The van der Waals surface area contributed by atoms with Gasteiger partial charge in [-0.2, -0.15) is 0 Å². The number of aliphatic carboxylic acids is 1. The molecule has 0 aliphatic heterocycles. The Balaban J connectivity index is 1.63. The number of hydrogen-bond acceptors (Lipinski definition) is 3. The van der Waals surface area contributed by atoms with Gasteiger partial charge in [0, 0.05) is 25.6 Å². The number of benzene rings is 1. The molecule has 1 aromatic heterocycles. The van der Waals surface area contributed by atoms with Crippen LogP contribution in [0.1, 0.15) is 43.6 Å². The molecular formula is C17H22N4O3. The molecule has 1 aromatic carbocycles. The lowest BCUT2D eigenvalue weighted by Crippen LogP contribution is -2.36. The van der Waals surface area contributed by atoms with Crippen molar-refractivity contribution in [3.8, 4) is 0 Å². The van der Waals surface area contributed by atoms with Gasteiger partial charge in [0.25, 0.3) is 0 Å². The third-order valence-electron chi connectivity index (χ3n) is 4.13. The third-order valence-corrected chi connectivity index (χ3v) is 4.13. The van der Waals surface area contributed by atoms with E-state index in [2.05, 4.69) is 28.2 Å². The Morgan fingerprint density at radius 2 is 2.12 bits per heavy atom. The van der Waals surface area contributed by atoms with E-state index in [-0.39, 0.29) is 19.0 Å². The first kappa shape index (κ1) is 16.3. The van der Waals surface area contributed by atoms with E-state index >= 15 is 0 Å². The number of carbonyl (C=O) groups is 2. The molecule has 1 fully saturated rings. The second-order valence-corrected chi connectivity index (χ2v) is 6.06. The van der Waals surface area contributed by atoms with Gasteiger partial charge in [-0.1, -0.05) is 13.0 Å². The van der Waals surface area contributed by atoms with E-state index in [0.29, 0.717) is 12.6 Å². The van der Waals surface area contributed by atoms with E-state index in [1.165, 1.54) is 12.8 Å². The summed E-state index contributed by atoms with van der Waals surface area (Å²) in [7, 11) is 0. The van der Waals surface area contributed by atoms with Crippen LogP contribution in [0, 0.1) is 0 Å². The maximum absolute atomic E-state index is 11.6. The van der Waals surface area contributed by atoms with E-state index in [4.69, 9.17) is 10.1 Å². The van der Waals surface area contributed by atoms with Gasteiger partial charge < -0.3 is 20.3 Å². The first-order chi connectivity index (χ1) is 11.6. The number of rotatable bonds is 7. The van der Waals surface area contributed by atoms with Gasteiger partial charge in [0.15, 0.2) is 0 Å². The Labute approximate surface area is 140 Å². The average molecular weight is 330 g/mol. The van der Waals surface area contributed by atoms with Gasteiger partial charge in [-0.3, -0.25) is 4.79 Å². The Bertz CT molecular complexity index is 765. The molecule has 0 bridgehead atoms. The zero-order valence-electron chi connectivity index (χ0n) is 13.7. The van der Waals surface area contributed by atoms with Gasteiger partial charge in [0.1, 0.15) is 5.82 Å². The quantitative estimate of drug-likeness (QED) is 0.725. The number of carboxylic acids is 1. The minimum absolute atomic E-state index is 0.0855. The van der Waals surface area contributed by atoms with Crippen molar-refractivity contribution in [2.45, 2.75) is 45.2 Å². The summed E-state index contributed by atoms with van der Waals surface area (Å²) in [6.45, 7) is 2.61. The molecule has 128 valence electrons. The molecule has 0 unspecified atom stereocenters. The van der Waals surface area contributed by atoms with Crippen LogP contribution < -0.4 is 10.6 Å². The average Bonchev–Trinajstić information content (AvgIpc) is 3.32. The van der Waals surface area contributed by atoms with Crippen molar-refractivity contribution < 1.29 is 14.7 Å². The van der Waals surface area contributed by atoms with E-state index in [1.54, 1.807) is 0 Å². The smallest absolute Gasteiger partial charge is 0.315 e. The Kier molecular flexibility index (Phi) is 4.69. The lowest BCUT2D eigenvalue weighted by Gasteiger charge is -2.08. The number of carboxylic acid groups (broad SMARTS) is 1. The summed E-state index contributed by atoms with van der Waals surface area (Å²) in [5.74, 6) is 0.183. The fourth-order valence-corrected chi connectivity index (χ4v) is 2.82. The van der Waals surface area contributed by atoms with Crippen molar-refractivity contribution in [3.05, 3.63) is 29.6 Å². The molecule has 2 amide bonds. The lowest BCUT2D eigenvalue weighted by atomic mass is 10.2. The normalized spacial score (nSPS) is 13.9. The summed E-state index contributed by atoms with van der Waals surface area (Å²) < 4.78 is 2.34. The van der Waals surface area contributed by atoms with Crippen LogP contribution in [0.4, 0.5) is 4.79 Å². The largest absolute Gasteiger partial charge is 0.481 e. The number of carbonyl (C=O) groups excluding carboxylic acids is 1. The van der Waals surface area contributed by atoms with Gasteiger partial charge in [0.05, 0.1) is 17.5 Å². The van der Waals surface area contributed by atoms with Gasteiger partial charge in [-0.15, -0.1) is 0 Å². The summed E-state index contributed by atoms with van der Waals surface area (Å²) >= 11 is 0. The summed E-state index contributed by atoms with van der Waals surface area (Å²) in [6, 6.07) is 6.30. The molecule has 1 heterocycles. The van der Waals surface area contributed by atoms with Crippen molar-refractivity contribution in [1.29, 1.82) is 0 Å². The lowest BCUT2D eigenvalue weighted by molar-refractivity contribution is -0.136. The molecule has 0 spiro atoms. The minimum atomic E-state index is -0.932. The first-order valence-electron chi connectivity index (χ1n) is 8.31. The minimum Gasteiger partial charge on any atom is -0.481 e. The number of imidazole rings is 1. The van der Waals surface area contributed by atoms with Gasteiger partial charge in [-0.05, 0) is 30.5 Å². The van der Waals surface area contributed by atoms with Crippen molar-refractivity contribution >= 4 is 23.0 Å². The molecule has 7 nitrogen and oxygen atoms in total. The molecule has 0 saturated heterocycles. The van der Waals surface area contributed by atoms with Crippen LogP contribution in [0.5, 0.6) is 0 Å². The molecule has 24 heavy (non-hydrogen) atoms. The molecule has 3 N–H and O–H groups in total. The van der Waals surface area contributed by atoms with Gasteiger partial charge in [0.2, 0.25) is 0 Å². The Hall–Kier alpha value is -2.57. The third kappa shape index (κ3) is 3.67. The van der Waals surface area contributed by atoms with Crippen LogP contribution in [0.3, 0.4) is 0 Å². The van der Waals surface area contributed by atoms with E-state index < -0.39 is 5.97 Å². The predicted molar refractivity (Wildman–Crippen MR) is 89.9 cm³/mol. The number of fused-ring (bicyclic) bond motifs is 1. The monoisotopic (exact) mass is 330 g/mol. The second kappa shape index (κ2) is 6.90. The molecule has 2 aromatic rings. The summed E-state index contributed by atoms with van der Waals surface area (Å²) in [6.07, 6.45) is 3.26. The highest BCUT2D eigenvalue weighted by Crippen LogP contribution is 2.38. The molecule has 0 radical (unpaired) electrons. The molecule has 3 rings (SSSR count). The van der Waals surface area contributed by atoms with Crippen molar-refractivity contribution in [1.82, 2.24) is 20.2 Å². The van der Waals surface area contributed by atoms with Crippen LogP contribution in [0.25, 0.3) is 11.0 Å². The molecular weight excluding hydrogens is 308 g/mol.